The van der Waals surface area contributed by atoms with Gasteiger partial charge in [-0.15, -0.1) is 11.3 Å². The molecule has 1 aromatic carbocycles. The number of aliphatic hydroxyl groups is 1. The lowest BCUT2D eigenvalue weighted by molar-refractivity contribution is -0.137. The van der Waals surface area contributed by atoms with Crippen molar-refractivity contribution in [2.75, 3.05) is 6.61 Å². The first-order valence-electron chi connectivity index (χ1n) is 6.79. The van der Waals surface area contributed by atoms with Gasteiger partial charge < -0.3 is 5.11 Å². The van der Waals surface area contributed by atoms with Gasteiger partial charge in [-0.05, 0) is 55.5 Å². The number of aliphatic hydroxyl groups excluding tert-OH is 1. The van der Waals surface area contributed by atoms with Crippen LogP contribution < -0.4 is 0 Å². The average Bonchev–Trinajstić information content (AvgIpc) is 2.80. The molecule has 0 spiro atoms. The molecule has 21 heavy (non-hydrogen) atoms. The number of unbranched alkanes of at least 4 members (excludes halogenated alkanes) is 1. The Balaban J connectivity index is 2.17. The molecule has 1 aromatic heterocycles. The van der Waals surface area contributed by atoms with Crippen molar-refractivity contribution in [3.8, 4) is 10.4 Å². The van der Waals surface area contributed by atoms with Gasteiger partial charge in [0, 0.05) is 16.4 Å². The van der Waals surface area contributed by atoms with Crippen molar-refractivity contribution < 1.29 is 18.3 Å². The second kappa shape index (κ2) is 6.62. The standard InChI is InChI=1S/C16H17F3OS/c1-11-10-15(21-14(11)4-2-3-9-20)12-5-7-13(8-6-12)16(17,18)19/h5-8,10,20H,2-4,9H2,1H3. The highest BCUT2D eigenvalue weighted by Crippen LogP contribution is 2.35. The summed E-state index contributed by atoms with van der Waals surface area (Å²) < 4.78 is 37.6. The Kier molecular flexibility index (Phi) is 5.06. The summed E-state index contributed by atoms with van der Waals surface area (Å²) in [5.41, 5.74) is 1.35. The van der Waals surface area contributed by atoms with Crippen LogP contribution in [0.15, 0.2) is 30.3 Å². The fraction of sp³-hybridized carbons (Fsp3) is 0.375. The Bertz CT molecular complexity index is 585. The number of thiophene rings is 1. The van der Waals surface area contributed by atoms with Crippen LogP contribution in [-0.4, -0.2) is 11.7 Å². The summed E-state index contributed by atoms with van der Waals surface area (Å²) >= 11 is 1.61. The Hall–Kier alpha value is -1.33. The second-order valence-electron chi connectivity index (χ2n) is 4.97. The lowest BCUT2D eigenvalue weighted by Crippen LogP contribution is -2.03. The summed E-state index contributed by atoms with van der Waals surface area (Å²) in [4.78, 5) is 2.22. The van der Waals surface area contributed by atoms with E-state index >= 15 is 0 Å². The van der Waals surface area contributed by atoms with E-state index < -0.39 is 11.7 Å². The number of alkyl halides is 3. The van der Waals surface area contributed by atoms with Crippen LogP contribution >= 0.6 is 11.3 Å². The van der Waals surface area contributed by atoms with Crippen LogP contribution in [0, 0.1) is 6.92 Å². The highest BCUT2D eigenvalue weighted by molar-refractivity contribution is 7.15. The first-order valence-corrected chi connectivity index (χ1v) is 7.61. The molecule has 0 atom stereocenters. The average molecular weight is 314 g/mol. The molecule has 114 valence electrons. The summed E-state index contributed by atoms with van der Waals surface area (Å²) in [6, 6.07) is 7.30. The molecule has 1 nitrogen and oxygen atoms in total. The summed E-state index contributed by atoms with van der Waals surface area (Å²) in [7, 11) is 0. The van der Waals surface area contributed by atoms with Gasteiger partial charge in [-0.1, -0.05) is 12.1 Å². The molecule has 1 heterocycles. The Morgan fingerprint density at radius 3 is 2.33 bits per heavy atom. The number of benzene rings is 1. The van der Waals surface area contributed by atoms with Crippen molar-refractivity contribution in [2.24, 2.45) is 0 Å². The monoisotopic (exact) mass is 314 g/mol. The Labute approximate surface area is 126 Å². The minimum absolute atomic E-state index is 0.191. The van der Waals surface area contributed by atoms with Gasteiger partial charge in [0.25, 0.3) is 0 Å². The van der Waals surface area contributed by atoms with Gasteiger partial charge in [0.1, 0.15) is 0 Å². The van der Waals surface area contributed by atoms with Crippen LogP contribution in [0.3, 0.4) is 0 Å². The molecule has 5 heteroatoms. The summed E-state index contributed by atoms with van der Waals surface area (Å²) in [6.07, 6.45) is -1.70. The van der Waals surface area contributed by atoms with Gasteiger partial charge in [0.05, 0.1) is 5.56 Å². The fourth-order valence-corrected chi connectivity index (χ4v) is 3.35. The van der Waals surface area contributed by atoms with Gasteiger partial charge in [0.2, 0.25) is 0 Å². The minimum atomic E-state index is -4.29. The van der Waals surface area contributed by atoms with Gasteiger partial charge >= 0.3 is 6.18 Å². The summed E-state index contributed by atoms with van der Waals surface area (Å²) in [6.45, 7) is 2.20. The molecule has 0 unspecified atom stereocenters. The summed E-state index contributed by atoms with van der Waals surface area (Å²) in [5.74, 6) is 0. The Morgan fingerprint density at radius 1 is 1.10 bits per heavy atom. The second-order valence-corrected chi connectivity index (χ2v) is 6.11. The van der Waals surface area contributed by atoms with Crippen LogP contribution in [0.1, 0.15) is 28.8 Å². The topological polar surface area (TPSA) is 20.2 Å². The van der Waals surface area contributed by atoms with E-state index in [1.807, 2.05) is 13.0 Å². The molecular formula is C16H17F3OS. The molecule has 0 aliphatic heterocycles. The van der Waals surface area contributed by atoms with Crippen molar-refractivity contribution >= 4 is 11.3 Å². The fourth-order valence-electron chi connectivity index (χ4n) is 2.13. The molecule has 0 saturated heterocycles. The lowest BCUT2D eigenvalue weighted by atomic mass is 10.1. The van der Waals surface area contributed by atoms with E-state index in [-0.39, 0.29) is 6.61 Å². The van der Waals surface area contributed by atoms with E-state index in [0.29, 0.717) is 0 Å². The van der Waals surface area contributed by atoms with E-state index in [9.17, 15) is 13.2 Å². The van der Waals surface area contributed by atoms with Gasteiger partial charge in [-0.3, -0.25) is 0 Å². The van der Waals surface area contributed by atoms with Crippen molar-refractivity contribution in [3.63, 3.8) is 0 Å². The number of hydrogen-bond acceptors (Lipinski definition) is 2. The molecule has 0 fully saturated rings. The highest BCUT2D eigenvalue weighted by atomic mass is 32.1. The number of aryl methyl sites for hydroxylation is 2. The van der Waals surface area contributed by atoms with Crippen molar-refractivity contribution in [1.82, 2.24) is 0 Å². The molecular weight excluding hydrogens is 297 g/mol. The lowest BCUT2D eigenvalue weighted by Gasteiger charge is -2.06. The molecule has 2 aromatic rings. The normalized spacial score (nSPS) is 11.9. The molecule has 1 N–H and O–H groups in total. The molecule has 0 aliphatic rings. The molecule has 0 amide bonds. The zero-order valence-electron chi connectivity index (χ0n) is 11.7. The maximum absolute atomic E-state index is 12.5. The third-order valence-corrected chi connectivity index (χ3v) is 4.68. The van der Waals surface area contributed by atoms with E-state index in [2.05, 4.69) is 0 Å². The smallest absolute Gasteiger partial charge is 0.396 e. The van der Waals surface area contributed by atoms with Crippen LogP contribution in [0.4, 0.5) is 13.2 Å². The SMILES string of the molecule is Cc1cc(-c2ccc(C(F)(F)F)cc2)sc1CCCCO. The molecule has 0 aliphatic carbocycles. The first-order chi connectivity index (χ1) is 9.91. The minimum Gasteiger partial charge on any atom is -0.396 e. The molecule has 0 saturated carbocycles. The third-order valence-electron chi connectivity index (χ3n) is 3.33. The summed E-state index contributed by atoms with van der Waals surface area (Å²) in [5, 5.41) is 8.80. The predicted octanol–water partition coefficient (Wildman–Crippen LogP) is 5.06. The van der Waals surface area contributed by atoms with Crippen LogP contribution in [0.2, 0.25) is 0 Å². The van der Waals surface area contributed by atoms with Crippen molar-refractivity contribution in [1.29, 1.82) is 0 Å². The van der Waals surface area contributed by atoms with Crippen LogP contribution in [0.5, 0.6) is 0 Å². The van der Waals surface area contributed by atoms with Gasteiger partial charge in [-0.2, -0.15) is 13.2 Å². The van der Waals surface area contributed by atoms with E-state index in [1.54, 1.807) is 11.3 Å². The maximum Gasteiger partial charge on any atom is 0.416 e. The molecule has 2 rings (SSSR count). The van der Waals surface area contributed by atoms with E-state index in [4.69, 9.17) is 5.11 Å². The zero-order valence-corrected chi connectivity index (χ0v) is 12.5. The van der Waals surface area contributed by atoms with E-state index in [1.165, 1.54) is 17.0 Å². The first kappa shape index (κ1) is 16.0. The maximum atomic E-state index is 12.5. The van der Waals surface area contributed by atoms with Crippen LogP contribution in [0.25, 0.3) is 10.4 Å². The van der Waals surface area contributed by atoms with Gasteiger partial charge in [0.15, 0.2) is 0 Å². The third kappa shape index (κ3) is 4.08. The predicted molar refractivity (Wildman–Crippen MR) is 79.5 cm³/mol. The van der Waals surface area contributed by atoms with E-state index in [0.717, 1.165) is 47.4 Å². The number of hydrogen-bond donors (Lipinski definition) is 1. The Morgan fingerprint density at radius 2 is 1.76 bits per heavy atom. The quantitative estimate of drug-likeness (QED) is 0.765. The van der Waals surface area contributed by atoms with Crippen molar-refractivity contribution in [3.05, 3.63) is 46.3 Å². The largest absolute Gasteiger partial charge is 0.416 e. The highest BCUT2D eigenvalue weighted by Gasteiger charge is 2.30. The van der Waals surface area contributed by atoms with Gasteiger partial charge in [-0.25, -0.2) is 0 Å². The molecule has 0 radical (unpaired) electrons. The number of halogens is 3. The molecule has 0 bridgehead atoms. The number of rotatable bonds is 5. The van der Waals surface area contributed by atoms with Crippen molar-refractivity contribution in [2.45, 2.75) is 32.4 Å². The van der Waals surface area contributed by atoms with Crippen LogP contribution in [-0.2, 0) is 12.6 Å². The zero-order chi connectivity index (χ0) is 15.5.